The summed E-state index contributed by atoms with van der Waals surface area (Å²) in [5.41, 5.74) is -0.373. The predicted octanol–water partition coefficient (Wildman–Crippen LogP) is 5.72. The van der Waals surface area contributed by atoms with Crippen LogP contribution in [0.2, 0.25) is 0 Å². The molecule has 0 aliphatic carbocycles. The standard InChI is InChI=1S/C22H27F3N2O3S2/c1-7-14(3)31-17-8-9-19(18(12-17)22(23,24)25)26-21(28)16-10-13(2)15(4)20(11-16)32(29,30)27(5)6/h8-12,14H,7H2,1-6H3,(H,26,28). The number of halogens is 3. The van der Waals surface area contributed by atoms with Gasteiger partial charge in [0.25, 0.3) is 5.91 Å². The molecule has 0 saturated heterocycles. The molecule has 0 heterocycles. The number of alkyl halides is 3. The Bertz CT molecular complexity index is 1110. The van der Waals surface area contributed by atoms with Crippen molar-refractivity contribution in [3.8, 4) is 0 Å². The predicted molar refractivity (Wildman–Crippen MR) is 122 cm³/mol. The molecule has 2 aromatic carbocycles. The molecule has 0 fully saturated rings. The average Bonchev–Trinajstić information content (AvgIpc) is 2.69. The second kappa shape index (κ2) is 9.84. The van der Waals surface area contributed by atoms with E-state index in [1.165, 1.54) is 50.1 Å². The summed E-state index contributed by atoms with van der Waals surface area (Å²) in [5.74, 6) is -0.823. The summed E-state index contributed by atoms with van der Waals surface area (Å²) in [6.45, 7) is 7.13. The van der Waals surface area contributed by atoms with Crippen LogP contribution in [-0.4, -0.2) is 38.0 Å². The van der Waals surface area contributed by atoms with E-state index in [1.54, 1.807) is 13.8 Å². The van der Waals surface area contributed by atoms with Crippen LogP contribution in [0.25, 0.3) is 0 Å². The molecule has 0 radical (unpaired) electrons. The first kappa shape index (κ1) is 26.2. The van der Waals surface area contributed by atoms with Crippen LogP contribution < -0.4 is 5.32 Å². The van der Waals surface area contributed by atoms with Crippen LogP contribution in [0.1, 0.15) is 47.3 Å². The Hall–Kier alpha value is -2.04. The lowest BCUT2D eigenvalue weighted by Gasteiger charge is -2.18. The van der Waals surface area contributed by atoms with Crippen LogP contribution in [0.15, 0.2) is 40.1 Å². The Kier molecular flexibility index (Phi) is 8.06. The van der Waals surface area contributed by atoms with Gasteiger partial charge in [0.2, 0.25) is 10.0 Å². The van der Waals surface area contributed by atoms with Gasteiger partial charge in [-0.25, -0.2) is 12.7 Å². The number of sulfonamides is 1. The fourth-order valence-electron chi connectivity index (χ4n) is 2.87. The molecular weight excluding hydrogens is 461 g/mol. The first-order chi connectivity index (χ1) is 14.7. The van der Waals surface area contributed by atoms with E-state index < -0.39 is 27.7 Å². The summed E-state index contributed by atoms with van der Waals surface area (Å²) in [5, 5.41) is 2.45. The lowest BCUT2D eigenvalue weighted by molar-refractivity contribution is -0.137. The Balaban J connectivity index is 2.48. The van der Waals surface area contributed by atoms with Gasteiger partial charge in [0.1, 0.15) is 0 Å². The molecule has 1 N–H and O–H groups in total. The summed E-state index contributed by atoms with van der Waals surface area (Å²) in [4.78, 5) is 13.2. The lowest BCUT2D eigenvalue weighted by atomic mass is 10.1. The zero-order valence-electron chi connectivity index (χ0n) is 18.8. The molecule has 1 amide bonds. The van der Waals surface area contributed by atoms with Crippen LogP contribution in [-0.2, 0) is 16.2 Å². The Morgan fingerprint density at radius 1 is 1.16 bits per heavy atom. The van der Waals surface area contributed by atoms with Gasteiger partial charge in [-0.3, -0.25) is 4.79 Å². The summed E-state index contributed by atoms with van der Waals surface area (Å²) < 4.78 is 67.3. The monoisotopic (exact) mass is 488 g/mol. The molecule has 0 spiro atoms. The first-order valence-electron chi connectivity index (χ1n) is 9.91. The number of aryl methyl sites for hydroxylation is 1. The van der Waals surface area contributed by atoms with Gasteiger partial charge in [-0.15, -0.1) is 11.8 Å². The van der Waals surface area contributed by atoms with Crippen molar-refractivity contribution >= 4 is 33.4 Å². The first-order valence-corrected chi connectivity index (χ1v) is 12.2. The summed E-state index contributed by atoms with van der Waals surface area (Å²) in [6.07, 6.45) is -3.87. The van der Waals surface area contributed by atoms with E-state index in [9.17, 15) is 26.4 Å². The van der Waals surface area contributed by atoms with E-state index in [1.807, 2.05) is 13.8 Å². The van der Waals surface area contributed by atoms with E-state index in [0.29, 0.717) is 16.0 Å². The molecule has 32 heavy (non-hydrogen) atoms. The number of carbonyl (C=O) groups is 1. The SMILES string of the molecule is CCC(C)Sc1ccc(NC(=O)c2cc(C)c(C)c(S(=O)(=O)N(C)C)c2)c(C(F)(F)F)c1. The minimum Gasteiger partial charge on any atom is -0.321 e. The van der Waals surface area contributed by atoms with Crippen molar-refractivity contribution in [2.75, 3.05) is 19.4 Å². The number of thioether (sulfide) groups is 1. The van der Waals surface area contributed by atoms with Gasteiger partial charge in [-0.1, -0.05) is 13.8 Å². The fraction of sp³-hybridized carbons (Fsp3) is 0.409. The van der Waals surface area contributed by atoms with Gasteiger partial charge in [-0.05, 0) is 61.7 Å². The maximum absolute atomic E-state index is 13.7. The summed E-state index contributed by atoms with van der Waals surface area (Å²) in [7, 11) is -1.11. The number of benzene rings is 2. The van der Waals surface area contributed by atoms with Crippen molar-refractivity contribution in [2.45, 2.75) is 55.3 Å². The highest BCUT2D eigenvalue weighted by Crippen LogP contribution is 2.38. The van der Waals surface area contributed by atoms with Crippen molar-refractivity contribution < 1.29 is 26.4 Å². The average molecular weight is 489 g/mol. The van der Waals surface area contributed by atoms with Crippen LogP contribution in [0.5, 0.6) is 0 Å². The fourth-order valence-corrected chi connectivity index (χ4v) is 5.05. The molecule has 0 aliphatic rings. The number of hydrogen-bond donors (Lipinski definition) is 1. The number of nitrogens with zero attached hydrogens (tertiary/aromatic N) is 1. The Morgan fingerprint density at radius 3 is 2.31 bits per heavy atom. The van der Waals surface area contributed by atoms with Gasteiger partial charge in [0.15, 0.2) is 0 Å². The van der Waals surface area contributed by atoms with Crippen molar-refractivity contribution in [2.24, 2.45) is 0 Å². The van der Waals surface area contributed by atoms with Crippen molar-refractivity contribution in [1.29, 1.82) is 0 Å². The van der Waals surface area contributed by atoms with Gasteiger partial charge in [0, 0.05) is 29.8 Å². The second-order valence-electron chi connectivity index (χ2n) is 7.70. The molecule has 2 rings (SSSR count). The van der Waals surface area contributed by atoms with E-state index in [0.717, 1.165) is 16.8 Å². The molecule has 176 valence electrons. The van der Waals surface area contributed by atoms with Crippen molar-refractivity contribution in [3.63, 3.8) is 0 Å². The van der Waals surface area contributed by atoms with Crippen molar-refractivity contribution in [1.82, 2.24) is 4.31 Å². The highest BCUT2D eigenvalue weighted by Gasteiger charge is 2.34. The molecule has 0 aliphatic heterocycles. The number of anilines is 1. The maximum Gasteiger partial charge on any atom is 0.418 e. The third-order valence-electron chi connectivity index (χ3n) is 5.10. The largest absolute Gasteiger partial charge is 0.418 e. The normalized spacial score (nSPS) is 13.3. The molecule has 5 nitrogen and oxygen atoms in total. The molecule has 0 aromatic heterocycles. The number of rotatable bonds is 7. The molecule has 2 aromatic rings. The highest BCUT2D eigenvalue weighted by molar-refractivity contribution is 7.99. The highest BCUT2D eigenvalue weighted by atomic mass is 32.2. The third kappa shape index (κ3) is 5.85. The molecule has 0 saturated carbocycles. The molecule has 10 heteroatoms. The van der Waals surface area contributed by atoms with E-state index in [-0.39, 0.29) is 21.4 Å². The van der Waals surface area contributed by atoms with Crippen LogP contribution in [0.3, 0.4) is 0 Å². The number of amides is 1. The van der Waals surface area contributed by atoms with Crippen molar-refractivity contribution in [3.05, 3.63) is 52.6 Å². The van der Waals surface area contributed by atoms with Crippen LogP contribution in [0, 0.1) is 13.8 Å². The minimum atomic E-state index is -4.67. The second-order valence-corrected chi connectivity index (χ2v) is 11.3. The van der Waals surface area contributed by atoms with Crippen LogP contribution >= 0.6 is 11.8 Å². The quantitative estimate of drug-likeness (QED) is 0.507. The Morgan fingerprint density at radius 2 is 1.78 bits per heavy atom. The van der Waals surface area contributed by atoms with Gasteiger partial charge in [0.05, 0.1) is 16.1 Å². The molecule has 1 atom stereocenters. The molecule has 1 unspecified atom stereocenters. The summed E-state index contributed by atoms with van der Waals surface area (Å²) in [6, 6.07) is 6.43. The number of hydrogen-bond acceptors (Lipinski definition) is 4. The number of carbonyl (C=O) groups excluding carboxylic acids is 1. The summed E-state index contributed by atoms with van der Waals surface area (Å²) >= 11 is 1.32. The smallest absolute Gasteiger partial charge is 0.321 e. The number of nitrogens with one attached hydrogen (secondary N) is 1. The molecular formula is C22H27F3N2O3S2. The topological polar surface area (TPSA) is 66.5 Å². The van der Waals surface area contributed by atoms with E-state index in [4.69, 9.17) is 0 Å². The van der Waals surface area contributed by atoms with Gasteiger partial charge < -0.3 is 5.32 Å². The zero-order chi connectivity index (χ0) is 24.4. The van der Waals surface area contributed by atoms with E-state index in [2.05, 4.69) is 5.32 Å². The lowest BCUT2D eigenvalue weighted by Crippen LogP contribution is -2.24. The Labute approximate surface area is 191 Å². The van der Waals surface area contributed by atoms with Gasteiger partial charge >= 0.3 is 6.18 Å². The minimum absolute atomic E-state index is 0.0419. The van der Waals surface area contributed by atoms with Crippen LogP contribution in [0.4, 0.5) is 18.9 Å². The maximum atomic E-state index is 13.7. The van der Waals surface area contributed by atoms with E-state index >= 15 is 0 Å². The molecule has 0 bridgehead atoms. The van der Waals surface area contributed by atoms with Gasteiger partial charge in [-0.2, -0.15) is 13.2 Å². The zero-order valence-corrected chi connectivity index (χ0v) is 20.4. The third-order valence-corrected chi connectivity index (χ3v) is 8.30.